The number of nitrogens with zero attached hydrogens (tertiary/aromatic N) is 6. The lowest BCUT2D eigenvalue weighted by Gasteiger charge is -2.13. The molecule has 0 aliphatic rings. The Morgan fingerprint density at radius 1 is 0.246 bits per heavy atom. The fraction of sp³-hybridized carbons (Fsp3) is 0. The number of hydrogen-bond acceptors (Lipinski definition) is 3. The van der Waals surface area contributed by atoms with Crippen LogP contribution in [0.15, 0.2) is 243 Å². The predicted octanol–water partition coefficient (Wildman–Crippen LogP) is 15.8. The number of para-hydroxylation sites is 3. The molecular weight excluding hydrogens is 841 g/mol. The molecule has 14 rings (SSSR count). The molecule has 6 heteroatoms. The molecule has 322 valence electrons. The van der Waals surface area contributed by atoms with Gasteiger partial charge in [-0.25, -0.2) is 4.98 Å². The molecule has 0 spiro atoms. The van der Waals surface area contributed by atoms with Gasteiger partial charge in [0.1, 0.15) is 0 Å². The maximum Gasteiger partial charge on any atom is 0.238 e. The molecule has 0 fully saturated rings. The van der Waals surface area contributed by atoms with Crippen LogP contribution in [-0.2, 0) is 0 Å². The number of rotatable bonds is 7. The Kier molecular flexibility index (Phi) is 8.79. The molecule has 4 heterocycles. The van der Waals surface area contributed by atoms with E-state index in [0.29, 0.717) is 17.6 Å². The van der Waals surface area contributed by atoms with Crippen molar-refractivity contribution in [3.63, 3.8) is 0 Å². The average Bonchev–Trinajstić information content (AvgIpc) is 4.07. The van der Waals surface area contributed by atoms with Crippen LogP contribution in [-0.4, -0.2) is 28.7 Å². The van der Waals surface area contributed by atoms with Crippen molar-refractivity contribution < 1.29 is 0 Å². The van der Waals surface area contributed by atoms with Gasteiger partial charge in [0, 0.05) is 49.1 Å². The highest BCUT2D eigenvalue weighted by atomic mass is 15.2. The minimum Gasteiger partial charge on any atom is -0.309 e. The molecule has 0 atom stereocenters. The van der Waals surface area contributed by atoms with Gasteiger partial charge in [-0.1, -0.05) is 188 Å². The summed E-state index contributed by atoms with van der Waals surface area (Å²) < 4.78 is 7.11. The monoisotopic (exact) mass is 880 g/mol. The third kappa shape index (κ3) is 6.16. The van der Waals surface area contributed by atoms with Gasteiger partial charge in [-0.2, -0.15) is 9.97 Å². The first kappa shape index (κ1) is 38.8. The van der Waals surface area contributed by atoms with E-state index in [1.165, 1.54) is 49.3 Å². The summed E-state index contributed by atoms with van der Waals surface area (Å²) in [5.74, 6) is 1.81. The Balaban J connectivity index is 0.987. The molecule has 69 heavy (non-hydrogen) atoms. The lowest BCUT2D eigenvalue weighted by molar-refractivity contribution is 0.953. The molecule has 6 nitrogen and oxygen atoms in total. The van der Waals surface area contributed by atoms with E-state index in [1.807, 2.05) is 36.4 Å². The van der Waals surface area contributed by atoms with Crippen LogP contribution >= 0.6 is 0 Å². The van der Waals surface area contributed by atoms with E-state index in [9.17, 15) is 0 Å². The van der Waals surface area contributed by atoms with E-state index >= 15 is 0 Å². The Morgan fingerprint density at radius 2 is 0.652 bits per heavy atom. The molecule has 10 aromatic carbocycles. The normalized spacial score (nSPS) is 11.8. The molecule has 0 aliphatic heterocycles. The lowest BCUT2D eigenvalue weighted by Crippen LogP contribution is -2.06. The van der Waals surface area contributed by atoms with Crippen molar-refractivity contribution in [2.75, 3.05) is 0 Å². The fourth-order valence-corrected chi connectivity index (χ4v) is 10.7. The zero-order valence-corrected chi connectivity index (χ0v) is 37.3. The number of hydrogen-bond donors (Lipinski definition) is 0. The zero-order valence-electron chi connectivity index (χ0n) is 37.3. The highest BCUT2D eigenvalue weighted by molar-refractivity contribution is 6.29. The highest BCUT2D eigenvalue weighted by Gasteiger charge is 2.24. The second-order valence-corrected chi connectivity index (χ2v) is 17.6. The summed E-state index contributed by atoms with van der Waals surface area (Å²) in [4.78, 5) is 15.5. The largest absolute Gasteiger partial charge is 0.309 e. The summed E-state index contributed by atoms with van der Waals surface area (Å²) in [7, 11) is 0. The van der Waals surface area contributed by atoms with Crippen molar-refractivity contribution in [2.24, 2.45) is 0 Å². The maximum absolute atomic E-state index is 5.22. The molecular formula is C63H40N6. The molecule has 0 saturated carbocycles. The molecule has 0 aliphatic carbocycles. The van der Waals surface area contributed by atoms with E-state index in [1.54, 1.807) is 0 Å². The first-order chi connectivity index (χ1) is 34.2. The summed E-state index contributed by atoms with van der Waals surface area (Å²) in [5.41, 5.74) is 15.5. The summed E-state index contributed by atoms with van der Waals surface area (Å²) in [5, 5.41) is 7.11. The third-order valence-corrected chi connectivity index (χ3v) is 13.7. The fourth-order valence-electron chi connectivity index (χ4n) is 10.7. The molecule has 0 bridgehead atoms. The zero-order chi connectivity index (χ0) is 45.4. The van der Waals surface area contributed by atoms with Crippen molar-refractivity contribution in [1.29, 1.82) is 0 Å². The van der Waals surface area contributed by atoms with Gasteiger partial charge in [-0.3, -0.25) is 4.57 Å². The van der Waals surface area contributed by atoms with Gasteiger partial charge in [0.05, 0.1) is 38.8 Å². The van der Waals surface area contributed by atoms with Gasteiger partial charge in [0.25, 0.3) is 0 Å². The van der Waals surface area contributed by atoms with Gasteiger partial charge in [-0.15, -0.1) is 0 Å². The standard InChI is InChI=1S/C63H40N6/c1-4-18-41(19-5-1)42-34-36-43(37-35-42)46-24-16-25-47(40-46)67-51-29-13-11-27-49(51)59-56(67)38-39-57-60(59)50-28-12-14-30-52(50)68(57)54-32-17-33-55-58(54)48-26-10-15-31-53(48)69(55)63-65-61(44-20-6-2-7-21-44)64-62(66-63)45-22-8-3-9-23-45/h1-40H. The minimum absolute atomic E-state index is 0.566. The smallest absolute Gasteiger partial charge is 0.238 e. The molecule has 0 radical (unpaired) electrons. The third-order valence-electron chi connectivity index (χ3n) is 13.7. The molecule has 0 saturated heterocycles. The van der Waals surface area contributed by atoms with E-state index in [2.05, 4.69) is 220 Å². The Labute approximate surface area is 397 Å². The lowest BCUT2D eigenvalue weighted by atomic mass is 10.00. The topological polar surface area (TPSA) is 53.5 Å². The van der Waals surface area contributed by atoms with Crippen LogP contribution < -0.4 is 0 Å². The quantitative estimate of drug-likeness (QED) is 0.160. The van der Waals surface area contributed by atoms with Crippen molar-refractivity contribution in [3.05, 3.63) is 243 Å². The number of fused-ring (bicyclic) bond motifs is 10. The van der Waals surface area contributed by atoms with Crippen molar-refractivity contribution in [3.8, 4) is 62.4 Å². The summed E-state index contributed by atoms with van der Waals surface area (Å²) >= 11 is 0. The van der Waals surface area contributed by atoms with Crippen molar-refractivity contribution in [2.45, 2.75) is 0 Å². The Bertz CT molecular complexity index is 4220. The molecule has 4 aromatic heterocycles. The summed E-state index contributed by atoms with van der Waals surface area (Å²) in [6.07, 6.45) is 0. The second kappa shape index (κ2) is 15.6. The van der Waals surface area contributed by atoms with Gasteiger partial charge in [-0.05, 0) is 76.9 Å². The van der Waals surface area contributed by atoms with Crippen LogP contribution in [0.5, 0.6) is 0 Å². The first-order valence-electron chi connectivity index (χ1n) is 23.4. The van der Waals surface area contributed by atoms with E-state index in [-0.39, 0.29) is 0 Å². The molecule has 14 aromatic rings. The minimum atomic E-state index is 0.566. The predicted molar refractivity (Wildman–Crippen MR) is 285 cm³/mol. The first-order valence-corrected chi connectivity index (χ1v) is 23.4. The summed E-state index contributed by atoms with van der Waals surface area (Å²) in [6.45, 7) is 0. The van der Waals surface area contributed by atoms with Gasteiger partial charge in [0.15, 0.2) is 11.6 Å². The van der Waals surface area contributed by atoms with E-state index in [0.717, 1.165) is 60.9 Å². The van der Waals surface area contributed by atoms with Crippen LogP contribution in [0.25, 0.3) is 128 Å². The summed E-state index contributed by atoms with van der Waals surface area (Å²) in [6, 6.07) is 86.3. The molecule has 0 N–H and O–H groups in total. The van der Waals surface area contributed by atoms with E-state index in [4.69, 9.17) is 15.0 Å². The van der Waals surface area contributed by atoms with Crippen LogP contribution in [0.3, 0.4) is 0 Å². The highest BCUT2D eigenvalue weighted by Crippen LogP contribution is 2.45. The van der Waals surface area contributed by atoms with Crippen molar-refractivity contribution >= 4 is 65.4 Å². The molecule has 0 unspecified atom stereocenters. The van der Waals surface area contributed by atoms with Crippen LogP contribution in [0.1, 0.15) is 0 Å². The van der Waals surface area contributed by atoms with Gasteiger partial charge >= 0.3 is 0 Å². The van der Waals surface area contributed by atoms with Crippen LogP contribution in [0.4, 0.5) is 0 Å². The van der Waals surface area contributed by atoms with Crippen LogP contribution in [0, 0.1) is 0 Å². The maximum atomic E-state index is 5.22. The Hall–Kier alpha value is -9.39. The number of aromatic nitrogens is 6. The SMILES string of the molecule is c1ccc(-c2ccc(-c3cccc(-n4c5ccccc5c5c6c7ccccc7n(-c7cccc8c7c7ccccc7n8-c7nc(-c8ccccc8)nc(-c8ccccc8)n7)c6ccc54)c3)cc2)cc1. The van der Waals surface area contributed by atoms with Gasteiger partial charge < -0.3 is 9.13 Å². The van der Waals surface area contributed by atoms with Gasteiger partial charge in [0.2, 0.25) is 5.95 Å². The average molecular weight is 881 g/mol. The molecule has 0 amide bonds. The van der Waals surface area contributed by atoms with E-state index < -0.39 is 0 Å². The Morgan fingerprint density at radius 3 is 1.25 bits per heavy atom. The van der Waals surface area contributed by atoms with Crippen molar-refractivity contribution in [1.82, 2.24) is 28.7 Å². The van der Waals surface area contributed by atoms with Crippen LogP contribution in [0.2, 0.25) is 0 Å². The number of benzene rings is 10. The second-order valence-electron chi connectivity index (χ2n) is 17.6.